The molecule has 2 aliphatic heterocycles. The molecular weight excluding hydrogens is 566 g/mol. The van der Waals surface area contributed by atoms with Gasteiger partial charge in [0.05, 0.1) is 27.2 Å². The molecule has 5 heterocycles. The number of aliphatic hydroxyl groups is 2. The van der Waals surface area contributed by atoms with Crippen molar-refractivity contribution in [2.45, 2.75) is 72.1 Å². The number of nitrogens with zero attached hydrogens (tertiary/aromatic N) is 5. The number of benzene rings is 1. The third kappa shape index (κ3) is 4.40. The summed E-state index contributed by atoms with van der Waals surface area (Å²) < 4.78 is 3.30. The van der Waals surface area contributed by atoms with Gasteiger partial charge in [-0.25, -0.2) is 4.90 Å². The van der Waals surface area contributed by atoms with E-state index in [1.807, 2.05) is 29.3 Å². The molecule has 0 spiro atoms. The molecule has 220 valence electrons. The summed E-state index contributed by atoms with van der Waals surface area (Å²) >= 11 is 8.33. The third-order valence-electron chi connectivity index (χ3n) is 10.4. The van der Waals surface area contributed by atoms with E-state index in [2.05, 4.69) is 66.5 Å². The summed E-state index contributed by atoms with van der Waals surface area (Å²) in [5, 5.41) is 34.0. The summed E-state index contributed by atoms with van der Waals surface area (Å²) in [5.74, 6) is 0.217. The average molecular weight is 604 g/mol. The number of nitriles is 1. The number of piperidine rings is 2. The predicted octanol–water partition coefficient (Wildman–Crippen LogP) is 6.31. The van der Waals surface area contributed by atoms with Crippen LogP contribution in [0.4, 0.5) is 0 Å². The van der Waals surface area contributed by atoms with Gasteiger partial charge in [-0.1, -0.05) is 25.4 Å². The van der Waals surface area contributed by atoms with Crippen LogP contribution in [0.2, 0.25) is 5.02 Å². The van der Waals surface area contributed by atoms with Crippen LogP contribution in [-0.2, 0) is 13.1 Å². The van der Waals surface area contributed by atoms with E-state index in [1.165, 1.54) is 0 Å². The summed E-state index contributed by atoms with van der Waals surface area (Å²) in [6, 6.07) is 13.4. The van der Waals surface area contributed by atoms with Gasteiger partial charge >= 0.3 is 0 Å². The van der Waals surface area contributed by atoms with E-state index in [1.54, 1.807) is 11.3 Å². The zero-order chi connectivity index (χ0) is 29.6. The highest BCUT2D eigenvalue weighted by Crippen LogP contribution is 2.66. The Labute approximate surface area is 255 Å². The Balaban J connectivity index is 1.24. The van der Waals surface area contributed by atoms with Crippen LogP contribution >= 0.6 is 22.9 Å². The maximum absolute atomic E-state index is 11.0. The minimum absolute atomic E-state index is 0.0212. The van der Waals surface area contributed by atoms with Gasteiger partial charge in [-0.2, -0.15) is 5.26 Å². The molecule has 1 aromatic carbocycles. The van der Waals surface area contributed by atoms with E-state index in [0.29, 0.717) is 24.2 Å². The zero-order valence-corrected chi connectivity index (χ0v) is 26.2. The monoisotopic (exact) mass is 603 g/mol. The van der Waals surface area contributed by atoms with Crippen molar-refractivity contribution in [2.75, 3.05) is 13.1 Å². The first-order chi connectivity index (χ1) is 20.0. The van der Waals surface area contributed by atoms with Crippen LogP contribution in [0.15, 0.2) is 42.7 Å². The van der Waals surface area contributed by atoms with Gasteiger partial charge in [-0.15, -0.1) is 11.3 Å². The van der Waals surface area contributed by atoms with Gasteiger partial charge in [-0.3, -0.25) is 4.98 Å². The van der Waals surface area contributed by atoms with Crippen molar-refractivity contribution in [2.24, 2.45) is 22.7 Å². The van der Waals surface area contributed by atoms with Crippen LogP contribution in [0.25, 0.3) is 32.2 Å². The first kappa shape index (κ1) is 28.3. The Hall–Kier alpha value is -2.51. The molecule has 3 fully saturated rings. The first-order valence-electron chi connectivity index (χ1n) is 15.0. The number of fused-ring (bicyclic) bond motifs is 3. The van der Waals surface area contributed by atoms with E-state index < -0.39 is 17.9 Å². The van der Waals surface area contributed by atoms with Crippen molar-refractivity contribution in [1.29, 1.82) is 5.26 Å². The van der Waals surface area contributed by atoms with Gasteiger partial charge in [0, 0.05) is 69.8 Å². The fraction of sp³-hybridized carbons (Fsp3) is 0.515. The van der Waals surface area contributed by atoms with Gasteiger partial charge in [-0.05, 0) is 75.5 Å². The van der Waals surface area contributed by atoms with E-state index >= 15 is 0 Å². The highest BCUT2D eigenvalue weighted by molar-refractivity contribution is 7.19. The van der Waals surface area contributed by atoms with E-state index in [0.717, 1.165) is 63.1 Å². The molecule has 9 heteroatoms. The molecule has 1 saturated carbocycles. The van der Waals surface area contributed by atoms with Crippen molar-refractivity contribution >= 4 is 44.1 Å². The van der Waals surface area contributed by atoms with Gasteiger partial charge < -0.3 is 19.7 Å². The number of aromatic nitrogens is 2. The van der Waals surface area contributed by atoms with E-state index in [9.17, 15) is 15.5 Å². The van der Waals surface area contributed by atoms with Gasteiger partial charge in [0.15, 0.2) is 0 Å². The molecule has 2 saturated heterocycles. The van der Waals surface area contributed by atoms with Gasteiger partial charge in [0.25, 0.3) is 0 Å². The summed E-state index contributed by atoms with van der Waals surface area (Å²) in [5.41, 5.74) is 3.62. The van der Waals surface area contributed by atoms with Gasteiger partial charge in [0.2, 0.25) is 0 Å². The second-order valence-electron chi connectivity index (χ2n) is 13.5. The second kappa shape index (κ2) is 10.0. The van der Waals surface area contributed by atoms with Gasteiger partial charge in [0.1, 0.15) is 12.5 Å². The number of thiophene rings is 1. The fourth-order valence-corrected chi connectivity index (χ4v) is 9.20. The van der Waals surface area contributed by atoms with Crippen LogP contribution < -0.4 is 0 Å². The molecule has 42 heavy (non-hydrogen) atoms. The molecule has 2 N–H and O–H groups in total. The number of rotatable bonds is 6. The normalized spacial score (nSPS) is 27.1. The predicted molar refractivity (Wildman–Crippen MR) is 168 cm³/mol. The van der Waals surface area contributed by atoms with E-state index in [4.69, 9.17) is 11.6 Å². The van der Waals surface area contributed by atoms with Crippen LogP contribution in [0.3, 0.4) is 0 Å². The van der Waals surface area contributed by atoms with Crippen molar-refractivity contribution < 1.29 is 10.2 Å². The Morgan fingerprint density at radius 3 is 2.48 bits per heavy atom. The summed E-state index contributed by atoms with van der Waals surface area (Å²) in [7, 11) is 0. The molecule has 4 unspecified atom stereocenters. The Morgan fingerprint density at radius 2 is 1.81 bits per heavy atom. The Bertz CT molecular complexity index is 1690. The summed E-state index contributed by atoms with van der Waals surface area (Å²) in [4.78, 5) is 10.0. The number of pyridine rings is 1. The summed E-state index contributed by atoms with van der Waals surface area (Å²) in [6.07, 6.45) is 4.35. The number of aliphatic hydroxyl groups excluding tert-OH is 2. The highest BCUT2D eigenvalue weighted by Gasteiger charge is 2.71. The minimum atomic E-state index is -0.645. The van der Waals surface area contributed by atoms with Crippen LogP contribution in [-0.4, -0.2) is 61.2 Å². The SMILES string of the molecule is CC(C)N1CCC(C#N)(Cn2ccc3cc(Cl)cc(-c4ccnc5cc(CN6C(O)C7C(C6O)C7(C)C)sc45)c32)CC1. The lowest BCUT2D eigenvalue weighted by molar-refractivity contribution is -0.0987. The third-order valence-corrected chi connectivity index (χ3v) is 11.8. The summed E-state index contributed by atoms with van der Waals surface area (Å²) in [6.45, 7) is 11.7. The Kier molecular flexibility index (Phi) is 6.74. The minimum Gasteiger partial charge on any atom is -0.378 e. The molecule has 1 aliphatic carbocycles. The molecule has 7 rings (SSSR count). The first-order valence-corrected chi connectivity index (χ1v) is 16.2. The standard InChI is InChI=1S/C33H38ClN5O2S/c1-19(2)37-11-7-33(17-35,8-12-37)18-38-10-6-20-13-21(34)14-24(28(20)38)23-5-9-36-25-15-22(42-29(23)25)16-39-30(40)26-27(31(39)41)32(26,3)4/h5-6,9-10,13-15,19,26-27,30-31,40-41H,7-8,11-12,16,18H2,1-4H3. The molecule has 0 bridgehead atoms. The van der Waals surface area contributed by atoms with E-state index in [-0.39, 0.29) is 17.3 Å². The topological polar surface area (TPSA) is 88.6 Å². The van der Waals surface area contributed by atoms with Crippen molar-refractivity contribution in [3.63, 3.8) is 0 Å². The van der Waals surface area contributed by atoms with Crippen molar-refractivity contribution in [3.05, 3.63) is 52.6 Å². The molecule has 4 atom stereocenters. The van der Waals surface area contributed by atoms with Crippen molar-refractivity contribution in [3.8, 4) is 17.2 Å². The lowest BCUT2D eigenvalue weighted by Crippen LogP contribution is -2.44. The molecule has 0 radical (unpaired) electrons. The number of likely N-dealkylation sites (tertiary alicyclic amines) is 2. The molecule has 7 nitrogen and oxygen atoms in total. The average Bonchev–Trinajstić information content (AvgIpc) is 3.30. The number of hydrogen-bond donors (Lipinski definition) is 2. The lowest BCUT2D eigenvalue weighted by Gasteiger charge is -2.39. The van der Waals surface area contributed by atoms with Crippen LogP contribution in [0.5, 0.6) is 0 Å². The Morgan fingerprint density at radius 1 is 1.10 bits per heavy atom. The zero-order valence-electron chi connectivity index (χ0n) is 24.6. The quantitative estimate of drug-likeness (QED) is 0.268. The molecule has 0 amide bonds. The number of halogens is 1. The largest absolute Gasteiger partial charge is 0.378 e. The second-order valence-corrected chi connectivity index (χ2v) is 15.1. The molecule has 4 aromatic rings. The smallest absolute Gasteiger partial charge is 0.113 e. The maximum Gasteiger partial charge on any atom is 0.113 e. The lowest BCUT2D eigenvalue weighted by atomic mass is 9.79. The maximum atomic E-state index is 11.0. The highest BCUT2D eigenvalue weighted by atomic mass is 35.5. The van der Waals surface area contributed by atoms with Crippen LogP contribution in [0, 0.1) is 34.0 Å². The molecule has 3 aliphatic rings. The molecule has 3 aromatic heterocycles. The fourth-order valence-electron chi connectivity index (χ4n) is 7.82. The van der Waals surface area contributed by atoms with Crippen molar-refractivity contribution in [1.82, 2.24) is 19.4 Å². The molecular formula is C33H38ClN5O2S. The number of hydrogen-bond acceptors (Lipinski definition) is 7. The van der Waals surface area contributed by atoms with Crippen LogP contribution in [0.1, 0.15) is 45.4 Å².